The molecule has 152 valence electrons. The highest BCUT2D eigenvalue weighted by atomic mass is 32.2. The average Bonchev–Trinajstić information content (AvgIpc) is 3.29. The second kappa shape index (κ2) is 7.29. The van der Waals surface area contributed by atoms with Gasteiger partial charge in [0.05, 0.1) is 11.5 Å². The predicted molar refractivity (Wildman–Crippen MR) is 110 cm³/mol. The van der Waals surface area contributed by atoms with Gasteiger partial charge in [-0.2, -0.15) is 0 Å². The standard InChI is InChI=1S/C21H22N2O5S/c1-22(2)29(25,26)15-8-9-18-14(12-15)10-11-23(18)21(24)20-17(13-27-3)16-6-4-5-7-19(16)28-20/h4-9,12H,10-11,13H2,1-3H3. The zero-order chi connectivity index (χ0) is 20.8. The fourth-order valence-corrected chi connectivity index (χ4v) is 4.59. The van der Waals surface area contributed by atoms with E-state index in [1.807, 2.05) is 24.3 Å². The lowest BCUT2D eigenvalue weighted by atomic mass is 10.1. The van der Waals surface area contributed by atoms with Gasteiger partial charge in [-0.25, -0.2) is 12.7 Å². The van der Waals surface area contributed by atoms with Crippen LogP contribution >= 0.6 is 0 Å². The second-order valence-electron chi connectivity index (χ2n) is 7.12. The summed E-state index contributed by atoms with van der Waals surface area (Å²) in [6, 6.07) is 12.3. The SMILES string of the molecule is COCc1c(C(=O)N2CCc3cc(S(=O)(=O)N(C)C)ccc32)oc2ccccc12. The van der Waals surface area contributed by atoms with E-state index in [0.29, 0.717) is 29.8 Å². The molecule has 0 fully saturated rings. The number of sulfonamides is 1. The maximum absolute atomic E-state index is 13.3. The van der Waals surface area contributed by atoms with E-state index in [1.165, 1.54) is 24.5 Å². The van der Waals surface area contributed by atoms with Crippen LogP contribution in [0, 0.1) is 0 Å². The molecule has 0 aliphatic carbocycles. The minimum absolute atomic E-state index is 0.222. The molecule has 0 N–H and O–H groups in total. The van der Waals surface area contributed by atoms with Gasteiger partial charge in [-0.1, -0.05) is 18.2 Å². The largest absolute Gasteiger partial charge is 0.450 e. The molecule has 2 heterocycles. The molecule has 0 unspecified atom stereocenters. The number of para-hydroxylation sites is 1. The third kappa shape index (κ3) is 3.23. The Morgan fingerprint density at radius 3 is 2.69 bits per heavy atom. The molecule has 1 amide bonds. The summed E-state index contributed by atoms with van der Waals surface area (Å²) in [5, 5.41) is 0.851. The van der Waals surface area contributed by atoms with E-state index in [0.717, 1.165) is 10.9 Å². The number of fused-ring (bicyclic) bond motifs is 2. The molecule has 1 aliphatic rings. The zero-order valence-corrected chi connectivity index (χ0v) is 17.3. The summed E-state index contributed by atoms with van der Waals surface area (Å²) in [5.41, 5.74) is 2.88. The molecule has 1 aliphatic heterocycles. The summed E-state index contributed by atoms with van der Waals surface area (Å²) in [4.78, 5) is 15.2. The van der Waals surface area contributed by atoms with Crippen molar-refractivity contribution in [3.63, 3.8) is 0 Å². The van der Waals surface area contributed by atoms with Gasteiger partial charge < -0.3 is 14.1 Å². The van der Waals surface area contributed by atoms with E-state index < -0.39 is 10.0 Å². The zero-order valence-electron chi connectivity index (χ0n) is 16.5. The quantitative estimate of drug-likeness (QED) is 0.641. The van der Waals surface area contributed by atoms with E-state index >= 15 is 0 Å². The van der Waals surface area contributed by atoms with Crippen LogP contribution in [0.4, 0.5) is 5.69 Å². The number of nitrogens with zero attached hydrogens (tertiary/aromatic N) is 2. The average molecular weight is 414 g/mol. The van der Waals surface area contributed by atoms with Crippen LogP contribution in [0.1, 0.15) is 21.7 Å². The third-order valence-electron chi connectivity index (χ3n) is 5.15. The van der Waals surface area contributed by atoms with Crippen molar-refractivity contribution in [1.82, 2.24) is 4.31 Å². The molecule has 3 aromatic rings. The highest BCUT2D eigenvalue weighted by Gasteiger charge is 2.31. The van der Waals surface area contributed by atoms with Crippen LogP contribution in [-0.2, 0) is 27.8 Å². The van der Waals surface area contributed by atoms with Crippen molar-refractivity contribution in [1.29, 1.82) is 0 Å². The number of carbonyl (C=O) groups excluding carboxylic acids is 1. The Morgan fingerprint density at radius 1 is 1.21 bits per heavy atom. The molecule has 2 aromatic carbocycles. The van der Waals surface area contributed by atoms with Crippen LogP contribution < -0.4 is 4.90 Å². The number of amides is 1. The van der Waals surface area contributed by atoms with Gasteiger partial charge in [-0.3, -0.25) is 4.79 Å². The number of ether oxygens (including phenoxy) is 1. The first-order chi connectivity index (χ1) is 13.8. The molecular formula is C21H22N2O5S. The van der Waals surface area contributed by atoms with Gasteiger partial charge in [0.2, 0.25) is 10.0 Å². The number of anilines is 1. The number of rotatable bonds is 5. The number of hydrogen-bond acceptors (Lipinski definition) is 5. The summed E-state index contributed by atoms with van der Waals surface area (Å²) in [6.45, 7) is 0.724. The Kier molecular flexibility index (Phi) is 4.94. The summed E-state index contributed by atoms with van der Waals surface area (Å²) in [6.07, 6.45) is 0.581. The van der Waals surface area contributed by atoms with Gasteiger partial charge in [-0.05, 0) is 36.2 Å². The Balaban J connectivity index is 1.73. The van der Waals surface area contributed by atoms with Gasteiger partial charge in [0.1, 0.15) is 5.58 Å². The summed E-state index contributed by atoms with van der Waals surface area (Å²) < 4.78 is 37.1. The lowest BCUT2D eigenvalue weighted by Crippen LogP contribution is -2.29. The molecule has 0 saturated heterocycles. The van der Waals surface area contributed by atoms with Crippen LogP contribution in [0.2, 0.25) is 0 Å². The molecule has 4 rings (SSSR count). The predicted octanol–water partition coefficient (Wildman–Crippen LogP) is 3.03. The van der Waals surface area contributed by atoms with E-state index in [9.17, 15) is 13.2 Å². The number of carbonyl (C=O) groups is 1. The van der Waals surface area contributed by atoms with Crippen LogP contribution in [0.15, 0.2) is 51.8 Å². The van der Waals surface area contributed by atoms with Crippen molar-refractivity contribution in [2.24, 2.45) is 0 Å². The Hall–Kier alpha value is -2.68. The number of methoxy groups -OCH3 is 1. The van der Waals surface area contributed by atoms with Crippen molar-refractivity contribution in [3.05, 3.63) is 59.4 Å². The van der Waals surface area contributed by atoms with Crippen molar-refractivity contribution >= 4 is 32.6 Å². The smallest absolute Gasteiger partial charge is 0.294 e. The van der Waals surface area contributed by atoms with E-state index in [-0.39, 0.29) is 23.2 Å². The minimum atomic E-state index is -3.52. The first-order valence-corrected chi connectivity index (χ1v) is 10.6. The van der Waals surface area contributed by atoms with Crippen LogP contribution in [-0.4, -0.2) is 46.4 Å². The molecule has 0 bridgehead atoms. The van der Waals surface area contributed by atoms with Gasteiger partial charge in [-0.15, -0.1) is 0 Å². The first-order valence-electron chi connectivity index (χ1n) is 9.21. The molecule has 29 heavy (non-hydrogen) atoms. The molecule has 0 saturated carbocycles. The van der Waals surface area contributed by atoms with Crippen molar-refractivity contribution < 1.29 is 22.4 Å². The fourth-order valence-electron chi connectivity index (χ4n) is 3.64. The number of furan rings is 1. The molecular weight excluding hydrogens is 392 g/mol. The van der Waals surface area contributed by atoms with Gasteiger partial charge >= 0.3 is 0 Å². The monoisotopic (exact) mass is 414 g/mol. The maximum atomic E-state index is 13.3. The van der Waals surface area contributed by atoms with Crippen molar-refractivity contribution in [2.45, 2.75) is 17.9 Å². The van der Waals surface area contributed by atoms with Crippen LogP contribution in [0.25, 0.3) is 11.0 Å². The Labute approximate surface area is 169 Å². The van der Waals surface area contributed by atoms with Crippen molar-refractivity contribution in [2.75, 3.05) is 32.6 Å². The molecule has 7 nitrogen and oxygen atoms in total. The third-order valence-corrected chi connectivity index (χ3v) is 6.96. The Bertz CT molecular complexity index is 1200. The van der Waals surface area contributed by atoms with Gasteiger partial charge in [0.15, 0.2) is 5.76 Å². The number of hydrogen-bond donors (Lipinski definition) is 0. The van der Waals surface area contributed by atoms with Crippen molar-refractivity contribution in [3.8, 4) is 0 Å². The van der Waals surface area contributed by atoms with Gasteiger partial charge in [0.25, 0.3) is 5.91 Å². The topological polar surface area (TPSA) is 80.1 Å². The van der Waals surface area contributed by atoms with Gasteiger partial charge in [0, 0.05) is 44.4 Å². The molecule has 0 radical (unpaired) electrons. The van der Waals surface area contributed by atoms with E-state index in [2.05, 4.69) is 0 Å². The fraction of sp³-hybridized carbons (Fsp3) is 0.286. The lowest BCUT2D eigenvalue weighted by molar-refractivity contribution is 0.0958. The Morgan fingerprint density at radius 2 is 1.97 bits per heavy atom. The summed E-state index contributed by atoms with van der Waals surface area (Å²) in [5.74, 6) is 0.00102. The number of benzene rings is 2. The van der Waals surface area contributed by atoms with Crippen LogP contribution in [0.3, 0.4) is 0 Å². The van der Waals surface area contributed by atoms with E-state index in [4.69, 9.17) is 9.15 Å². The highest BCUT2D eigenvalue weighted by Crippen LogP contribution is 2.34. The molecule has 0 atom stereocenters. The maximum Gasteiger partial charge on any atom is 0.294 e. The first kappa shape index (κ1) is 19.6. The second-order valence-corrected chi connectivity index (χ2v) is 9.28. The lowest BCUT2D eigenvalue weighted by Gasteiger charge is -2.17. The van der Waals surface area contributed by atoms with E-state index in [1.54, 1.807) is 24.1 Å². The molecule has 0 spiro atoms. The summed E-state index contributed by atoms with van der Waals surface area (Å²) in [7, 11) is 1.05. The minimum Gasteiger partial charge on any atom is -0.450 e. The molecule has 8 heteroatoms. The van der Waals surface area contributed by atoms with Crippen LogP contribution in [0.5, 0.6) is 0 Å². The normalized spacial score (nSPS) is 14.0. The summed E-state index contributed by atoms with van der Waals surface area (Å²) >= 11 is 0. The highest BCUT2D eigenvalue weighted by molar-refractivity contribution is 7.89. The molecule has 1 aromatic heterocycles.